The van der Waals surface area contributed by atoms with Gasteiger partial charge in [-0.15, -0.1) is 0 Å². The number of hydrogen-bond donors (Lipinski definition) is 0. The van der Waals surface area contributed by atoms with Gasteiger partial charge in [-0.1, -0.05) is 46.3 Å². The molecule has 84 valence electrons. The number of hydrogen-bond acceptors (Lipinski definition) is 3. The predicted molar refractivity (Wildman–Crippen MR) is 57.8 cm³/mol. The van der Waals surface area contributed by atoms with Crippen LogP contribution in [0.4, 0.5) is 13.2 Å². The van der Waals surface area contributed by atoms with Crippen LogP contribution in [0.3, 0.4) is 0 Å². The Morgan fingerprint density at radius 3 is 2.47 bits per heavy atom. The molecule has 0 aliphatic rings. The zero-order chi connectivity index (χ0) is 11.4. The number of halogens is 5. The molecular weight excluding hydrogens is 290 g/mol. The maximum Gasteiger partial charge on any atom is 0.301 e. The second kappa shape index (κ2) is 5.98. The number of nitrogens with zero attached hydrogens (tertiary/aromatic N) is 1. The average Bonchev–Trinajstić information content (AvgIpc) is 2.46. The molecule has 0 fully saturated rings. The first kappa shape index (κ1) is 13.2. The van der Waals surface area contributed by atoms with Crippen molar-refractivity contribution in [2.45, 2.75) is 10.8 Å². The number of thiazole rings is 1. The van der Waals surface area contributed by atoms with E-state index in [1.807, 2.05) is 0 Å². The standard InChI is InChI=1S/C7H4Cl2F3NS2/c8-4-5(9)15-7(13-4)14-2-1-3(10)6(11)12/h1-2H2. The first-order valence-corrected chi connectivity index (χ1v) is 6.20. The molecule has 0 amide bonds. The van der Waals surface area contributed by atoms with E-state index in [2.05, 4.69) is 4.98 Å². The smallest absolute Gasteiger partial charge is 0.216 e. The van der Waals surface area contributed by atoms with Crippen molar-refractivity contribution in [3.63, 3.8) is 0 Å². The highest BCUT2D eigenvalue weighted by atomic mass is 35.5. The zero-order valence-electron chi connectivity index (χ0n) is 7.07. The van der Waals surface area contributed by atoms with E-state index < -0.39 is 11.9 Å². The van der Waals surface area contributed by atoms with E-state index in [0.717, 1.165) is 23.1 Å². The molecule has 0 aliphatic carbocycles. The largest absolute Gasteiger partial charge is 0.301 e. The van der Waals surface area contributed by atoms with Gasteiger partial charge in [-0.3, -0.25) is 0 Å². The van der Waals surface area contributed by atoms with Crippen molar-refractivity contribution in [3.8, 4) is 0 Å². The first-order chi connectivity index (χ1) is 7.00. The van der Waals surface area contributed by atoms with Crippen LogP contribution >= 0.6 is 46.3 Å². The van der Waals surface area contributed by atoms with Crippen LogP contribution < -0.4 is 0 Å². The Morgan fingerprint density at radius 1 is 1.33 bits per heavy atom. The number of aromatic nitrogens is 1. The van der Waals surface area contributed by atoms with Crippen LogP contribution in [0.2, 0.25) is 9.49 Å². The molecule has 1 aromatic heterocycles. The fraction of sp³-hybridized carbons (Fsp3) is 0.286. The highest BCUT2D eigenvalue weighted by Gasteiger charge is 2.09. The molecule has 1 nitrogen and oxygen atoms in total. The second-order valence-corrected chi connectivity index (χ2v) is 5.61. The van der Waals surface area contributed by atoms with Gasteiger partial charge in [-0.2, -0.15) is 8.78 Å². The monoisotopic (exact) mass is 293 g/mol. The topological polar surface area (TPSA) is 12.9 Å². The molecule has 0 aromatic carbocycles. The number of allylic oxidation sites excluding steroid dienone is 1. The van der Waals surface area contributed by atoms with E-state index in [-0.39, 0.29) is 17.3 Å². The summed E-state index contributed by atoms with van der Waals surface area (Å²) in [5, 5.41) is 0.178. The van der Waals surface area contributed by atoms with Gasteiger partial charge in [-0.25, -0.2) is 9.37 Å². The minimum atomic E-state index is -2.27. The summed E-state index contributed by atoms with van der Waals surface area (Å²) < 4.78 is 36.6. The number of rotatable bonds is 4. The summed E-state index contributed by atoms with van der Waals surface area (Å²) in [7, 11) is 0. The Kier molecular flexibility index (Phi) is 5.25. The van der Waals surface area contributed by atoms with Crippen LogP contribution in [0, 0.1) is 0 Å². The Bertz CT molecular complexity index is 357. The van der Waals surface area contributed by atoms with Gasteiger partial charge in [0, 0.05) is 12.2 Å². The Morgan fingerprint density at radius 2 is 2.00 bits per heavy atom. The van der Waals surface area contributed by atoms with Gasteiger partial charge in [0.15, 0.2) is 15.3 Å². The van der Waals surface area contributed by atoms with Crippen LogP contribution in [-0.2, 0) is 0 Å². The molecule has 0 radical (unpaired) electrons. The van der Waals surface area contributed by atoms with Crippen molar-refractivity contribution in [3.05, 3.63) is 21.4 Å². The van der Waals surface area contributed by atoms with Crippen LogP contribution in [0.1, 0.15) is 6.42 Å². The maximum atomic E-state index is 12.4. The third-order valence-electron chi connectivity index (χ3n) is 1.28. The van der Waals surface area contributed by atoms with Gasteiger partial charge >= 0.3 is 6.08 Å². The van der Waals surface area contributed by atoms with Gasteiger partial charge in [-0.05, 0) is 0 Å². The van der Waals surface area contributed by atoms with Gasteiger partial charge in [0.2, 0.25) is 0 Å². The summed E-state index contributed by atoms with van der Waals surface area (Å²) >= 11 is 13.5. The van der Waals surface area contributed by atoms with Crippen molar-refractivity contribution in [2.75, 3.05) is 5.75 Å². The molecule has 0 atom stereocenters. The van der Waals surface area contributed by atoms with E-state index in [4.69, 9.17) is 23.2 Å². The fourth-order valence-corrected chi connectivity index (χ4v) is 3.12. The van der Waals surface area contributed by atoms with Gasteiger partial charge in [0.1, 0.15) is 4.34 Å². The van der Waals surface area contributed by atoms with E-state index in [1.165, 1.54) is 0 Å². The van der Waals surface area contributed by atoms with Crippen LogP contribution in [0.5, 0.6) is 0 Å². The zero-order valence-corrected chi connectivity index (χ0v) is 10.2. The fourth-order valence-electron chi connectivity index (χ4n) is 0.650. The van der Waals surface area contributed by atoms with Crippen LogP contribution in [-0.4, -0.2) is 10.7 Å². The summed E-state index contributed by atoms with van der Waals surface area (Å²) in [6.45, 7) is 0. The minimum Gasteiger partial charge on any atom is -0.216 e. The molecule has 8 heteroatoms. The van der Waals surface area contributed by atoms with Crippen molar-refractivity contribution in [2.24, 2.45) is 0 Å². The van der Waals surface area contributed by atoms with Gasteiger partial charge in [0.25, 0.3) is 0 Å². The third kappa shape index (κ3) is 4.22. The first-order valence-electron chi connectivity index (χ1n) is 3.65. The Labute approximate surface area is 102 Å². The van der Waals surface area contributed by atoms with E-state index >= 15 is 0 Å². The molecule has 0 aliphatic heterocycles. The summed E-state index contributed by atoms with van der Waals surface area (Å²) in [6, 6.07) is 0. The lowest BCUT2D eigenvalue weighted by molar-refractivity contribution is 0.373. The van der Waals surface area contributed by atoms with Crippen molar-refractivity contribution < 1.29 is 13.2 Å². The normalized spacial score (nSPS) is 10.5. The maximum absolute atomic E-state index is 12.4. The average molecular weight is 294 g/mol. The van der Waals surface area contributed by atoms with Crippen LogP contribution in [0.25, 0.3) is 0 Å². The highest BCUT2D eigenvalue weighted by Crippen LogP contribution is 2.34. The predicted octanol–water partition coefficient (Wildman–Crippen LogP) is 5.01. The summed E-state index contributed by atoms with van der Waals surface area (Å²) in [5.41, 5.74) is 0. The SMILES string of the molecule is FC(F)=C(F)CCSc1nc(Cl)c(Cl)s1. The van der Waals surface area contributed by atoms with E-state index in [1.54, 1.807) is 0 Å². The summed E-state index contributed by atoms with van der Waals surface area (Å²) in [5.74, 6) is -1.22. The molecule has 15 heavy (non-hydrogen) atoms. The Hall–Kier alpha value is 0.0900. The second-order valence-electron chi connectivity index (χ2n) is 2.31. The highest BCUT2D eigenvalue weighted by molar-refractivity contribution is 8.01. The third-order valence-corrected chi connectivity index (χ3v) is 4.16. The van der Waals surface area contributed by atoms with E-state index in [0.29, 0.717) is 8.68 Å². The molecule has 0 bridgehead atoms. The molecule has 0 N–H and O–H groups in total. The molecule has 1 aromatic rings. The van der Waals surface area contributed by atoms with Crippen molar-refractivity contribution >= 4 is 46.3 Å². The lowest BCUT2D eigenvalue weighted by atomic mass is 10.4. The quantitative estimate of drug-likeness (QED) is 0.724. The number of thioether (sulfide) groups is 1. The lowest BCUT2D eigenvalue weighted by Gasteiger charge is -1.94. The molecule has 0 spiro atoms. The van der Waals surface area contributed by atoms with Crippen LogP contribution in [0.15, 0.2) is 16.2 Å². The lowest BCUT2D eigenvalue weighted by Crippen LogP contribution is -1.82. The molecule has 1 rings (SSSR count). The molecule has 0 saturated carbocycles. The molecule has 1 heterocycles. The minimum absolute atomic E-state index is 0.170. The molecular formula is C7H4Cl2F3NS2. The van der Waals surface area contributed by atoms with Gasteiger partial charge < -0.3 is 0 Å². The van der Waals surface area contributed by atoms with Gasteiger partial charge in [0.05, 0.1) is 0 Å². The van der Waals surface area contributed by atoms with E-state index in [9.17, 15) is 13.2 Å². The Balaban J connectivity index is 2.42. The molecule has 0 unspecified atom stereocenters. The van der Waals surface area contributed by atoms with Crippen molar-refractivity contribution in [1.82, 2.24) is 4.98 Å². The van der Waals surface area contributed by atoms with Crippen molar-refractivity contribution in [1.29, 1.82) is 0 Å². The summed E-state index contributed by atoms with van der Waals surface area (Å²) in [6.07, 6.45) is -2.60. The summed E-state index contributed by atoms with van der Waals surface area (Å²) in [4.78, 5) is 3.84. The molecule has 0 saturated heterocycles.